The van der Waals surface area contributed by atoms with Gasteiger partial charge in [0.2, 0.25) is 0 Å². The predicted molar refractivity (Wildman–Crippen MR) is 60.2 cm³/mol. The van der Waals surface area contributed by atoms with Crippen LogP contribution >= 0.6 is 15.9 Å². The minimum Gasteiger partial charge on any atom is -0.491 e. The van der Waals surface area contributed by atoms with Crippen LogP contribution in [-0.4, -0.2) is 32.5 Å². The molecule has 0 bridgehead atoms. The summed E-state index contributed by atoms with van der Waals surface area (Å²) in [6.45, 7) is 2.52. The smallest absolute Gasteiger partial charge is 0.119 e. The van der Waals surface area contributed by atoms with Gasteiger partial charge in [-0.05, 0) is 24.3 Å². The maximum absolute atomic E-state index is 5.57. The number of ether oxygens (including phenoxy) is 3. The van der Waals surface area contributed by atoms with Crippen LogP contribution in [-0.2, 0) is 9.47 Å². The van der Waals surface area contributed by atoms with Crippen LogP contribution in [0.3, 0.4) is 0 Å². The van der Waals surface area contributed by atoms with Crippen molar-refractivity contribution in [3.63, 3.8) is 0 Å². The van der Waals surface area contributed by atoms with Crippen LogP contribution in [0.15, 0.2) is 28.7 Å². The summed E-state index contributed by atoms with van der Waals surface area (Å²) in [4.78, 5) is 0. The second kappa shape index (κ2) is 5.49. The third-order valence-corrected chi connectivity index (χ3v) is 2.66. The predicted octanol–water partition coefficient (Wildman–Crippen LogP) is 2.24. The number of benzene rings is 1. The highest BCUT2D eigenvalue weighted by molar-refractivity contribution is 9.10. The summed E-state index contributed by atoms with van der Waals surface area (Å²) in [5.74, 6) is 0.854. The van der Waals surface area contributed by atoms with Gasteiger partial charge in [0.05, 0.1) is 19.8 Å². The molecule has 1 unspecified atom stereocenters. The van der Waals surface area contributed by atoms with Crippen LogP contribution in [0, 0.1) is 0 Å². The fourth-order valence-electron chi connectivity index (χ4n) is 1.35. The highest BCUT2D eigenvalue weighted by atomic mass is 79.9. The van der Waals surface area contributed by atoms with Crippen molar-refractivity contribution in [1.82, 2.24) is 0 Å². The Bertz CT molecular complexity index is 293. The monoisotopic (exact) mass is 272 g/mol. The molecule has 4 heteroatoms. The van der Waals surface area contributed by atoms with E-state index in [-0.39, 0.29) is 6.10 Å². The van der Waals surface area contributed by atoms with Gasteiger partial charge in [-0.15, -0.1) is 0 Å². The Morgan fingerprint density at radius 2 is 2.07 bits per heavy atom. The van der Waals surface area contributed by atoms with Crippen molar-refractivity contribution in [2.45, 2.75) is 6.10 Å². The minimum atomic E-state index is 0.0578. The maximum atomic E-state index is 5.57. The zero-order valence-electron chi connectivity index (χ0n) is 8.32. The second-order valence-electron chi connectivity index (χ2n) is 3.33. The van der Waals surface area contributed by atoms with E-state index < -0.39 is 0 Å². The summed E-state index contributed by atoms with van der Waals surface area (Å²) in [5, 5.41) is 0. The standard InChI is InChI=1S/C11H13BrO3/c12-9-1-3-10(4-2-9)15-8-11-7-13-5-6-14-11/h1-4,11H,5-8H2. The average molecular weight is 273 g/mol. The zero-order chi connectivity index (χ0) is 10.5. The molecule has 1 aliphatic heterocycles. The molecule has 0 aliphatic carbocycles. The molecule has 0 saturated carbocycles. The van der Waals surface area contributed by atoms with Gasteiger partial charge >= 0.3 is 0 Å². The van der Waals surface area contributed by atoms with Crippen molar-refractivity contribution < 1.29 is 14.2 Å². The molecule has 82 valence electrons. The van der Waals surface area contributed by atoms with Crippen molar-refractivity contribution in [1.29, 1.82) is 0 Å². The average Bonchev–Trinajstić information content (AvgIpc) is 2.30. The van der Waals surface area contributed by atoms with Crippen LogP contribution < -0.4 is 4.74 Å². The van der Waals surface area contributed by atoms with E-state index in [4.69, 9.17) is 14.2 Å². The van der Waals surface area contributed by atoms with E-state index in [0.29, 0.717) is 26.4 Å². The lowest BCUT2D eigenvalue weighted by Gasteiger charge is -2.22. The van der Waals surface area contributed by atoms with E-state index in [9.17, 15) is 0 Å². The largest absolute Gasteiger partial charge is 0.491 e. The molecule has 0 amide bonds. The maximum Gasteiger partial charge on any atom is 0.119 e. The summed E-state index contributed by atoms with van der Waals surface area (Å²) in [6, 6.07) is 7.75. The Kier molecular flexibility index (Phi) is 4.00. The first-order chi connectivity index (χ1) is 7.34. The Morgan fingerprint density at radius 3 is 2.73 bits per heavy atom. The molecule has 1 saturated heterocycles. The molecule has 1 atom stereocenters. The van der Waals surface area contributed by atoms with Gasteiger partial charge in [0, 0.05) is 4.47 Å². The molecule has 1 fully saturated rings. The van der Waals surface area contributed by atoms with Gasteiger partial charge in [-0.25, -0.2) is 0 Å². The Balaban J connectivity index is 1.79. The third-order valence-electron chi connectivity index (χ3n) is 2.13. The van der Waals surface area contributed by atoms with E-state index in [1.807, 2.05) is 24.3 Å². The van der Waals surface area contributed by atoms with Gasteiger partial charge < -0.3 is 14.2 Å². The first kappa shape index (κ1) is 10.9. The van der Waals surface area contributed by atoms with Gasteiger partial charge in [0.15, 0.2) is 0 Å². The van der Waals surface area contributed by atoms with Gasteiger partial charge in [-0.1, -0.05) is 15.9 Å². The number of hydrogen-bond donors (Lipinski definition) is 0. The Labute approximate surface area is 97.5 Å². The Morgan fingerprint density at radius 1 is 1.27 bits per heavy atom. The van der Waals surface area contributed by atoms with E-state index in [0.717, 1.165) is 10.2 Å². The van der Waals surface area contributed by atoms with Crippen molar-refractivity contribution >= 4 is 15.9 Å². The van der Waals surface area contributed by atoms with Crippen LogP contribution in [0.25, 0.3) is 0 Å². The zero-order valence-corrected chi connectivity index (χ0v) is 9.90. The van der Waals surface area contributed by atoms with Crippen molar-refractivity contribution in [3.05, 3.63) is 28.7 Å². The normalized spacial score (nSPS) is 21.3. The molecule has 0 N–H and O–H groups in total. The van der Waals surface area contributed by atoms with E-state index >= 15 is 0 Å². The molecular formula is C11H13BrO3. The lowest BCUT2D eigenvalue weighted by atomic mass is 10.3. The number of halogens is 1. The molecule has 1 heterocycles. The molecular weight excluding hydrogens is 260 g/mol. The lowest BCUT2D eigenvalue weighted by Crippen LogP contribution is -2.33. The first-order valence-electron chi connectivity index (χ1n) is 4.92. The minimum absolute atomic E-state index is 0.0578. The number of rotatable bonds is 3. The molecule has 0 aromatic heterocycles. The topological polar surface area (TPSA) is 27.7 Å². The fraction of sp³-hybridized carbons (Fsp3) is 0.455. The molecule has 3 nitrogen and oxygen atoms in total. The molecule has 1 aromatic carbocycles. The van der Waals surface area contributed by atoms with Crippen LogP contribution in [0.5, 0.6) is 5.75 Å². The quantitative estimate of drug-likeness (QED) is 0.845. The van der Waals surface area contributed by atoms with Gasteiger partial charge in [0.1, 0.15) is 18.5 Å². The van der Waals surface area contributed by atoms with Gasteiger partial charge in [-0.3, -0.25) is 0 Å². The molecule has 2 rings (SSSR count). The molecule has 0 spiro atoms. The van der Waals surface area contributed by atoms with Gasteiger partial charge in [0.25, 0.3) is 0 Å². The molecule has 0 radical (unpaired) electrons. The molecule has 1 aliphatic rings. The van der Waals surface area contributed by atoms with E-state index in [2.05, 4.69) is 15.9 Å². The second-order valence-corrected chi connectivity index (χ2v) is 4.25. The SMILES string of the molecule is Brc1ccc(OCC2COCCO2)cc1. The van der Waals surface area contributed by atoms with Crippen molar-refractivity contribution in [2.75, 3.05) is 26.4 Å². The summed E-state index contributed by atoms with van der Waals surface area (Å²) in [6.07, 6.45) is 0.0578. The molecule has 15 heavy (non-hydrogen) atoms. The third kappa shape index (κ3) is 3.48. The molecule has 1 aromatic rings. The first-order valence-corrected chi connectivity index (χ1v) is 5.71. The van der Waals surface area contributed by atoms with Gasteiger partial charge in [-0.2, -0.15) is 0 Å². The summed E-state index contributed by atoms with van der Waals surface area (Å²) in [5.41, 5.74) is 0. The number of hydrogen-bond acceptors (Lipinski definition) is 3. The summed E-state index contributed by atoms with van der Waals surface area (Å²) < 4.78 is 17.4. The van der Waals surface area contributed by atoms with E-state index in [1.165, 1.54) is 0 Å². The van der Waals surface area contributed by atoms with Crippen LogP contribution in [0.4, 0.5) is 0 Å². The van der Waals surface area contributed by atoms with Crippen LogP contribution in [0.2, 0.25) is 0 Å². The van der Waals surface area contributed by atoms with E-state index in [1.54, 1.807) is 0 Å². The summed E-state index contributed by atoms with van der Waals surface area (Å²) >= 11 is 3.37. The van der Waals surface area contributed by atoms with Crippen molar-refractivity contribution in [3.8, 4) is 5.75 Å². The van der Waals surface area contributed by atoms with Crippen LogP contribution in [0.1, 0.15) is 0 Å². The highest BCUT2D eigenvalue weighted by Gasteiger charge is 2.14. The lowest BCUT2D eigenvalue weighted by molar-refractivity contribution is -0.101. The Hall–Kier alpha value is -0.580. The highest BCUT2D eigenvalue weighted by Crippen LogP contribution is 2.16. The van der Waals surface area contributed by atoms with Crippen molar-refractivity contribution in [2.24, 2.45) is 0 Å². The summed E-state index contributed by atoms with van der Waals surface area (Å²) in [7, 11) is 0. The fourth-order valence-corrected chi connectivity index (χ4v) is 1.62.